The van der Waals surface area contributed by atoms with Crippen molar-refractivity contribution in [1.29, 1.82) is 0 Å². The number of carbonyl (C=O) groups excluding carboxylic acids is 4. The van der Waals surface area contributed by atoms with Gasteiger partial charge in [0, 0.05) is 13.1 Å². The van der Waals surface area contributed by atoms with Gasteiger partial charge in [-0.15, -0.1) is 0 Å². The molecule has 0 spiro atoms. The second-order valence-electron chi connectivity index (χ2n) is 9.69. The summed E-state index contributed by atoms with van der Waals surface area (Å²) >= 11 is 0. The maximum atomic E-state index is 13.4. The van der Waals surface area contributed by atoms with Crippen LogP contribution in [0.1, 0.15) is 93.4 Å². The number of amides is 3. The summed E-state index contributed by atoms with van der Waals surface area (Å²) in [6.45, 7) is 14.3. The van der Waals surface area contributed by atoms with Crippen molar-refractivity contribution < 1.29 is 23.9 Å². The first-order valence-corrected chi connectivity index (χ1v) is 13.8. The molecule has 210 valence electrons. The van der Waals surface area contributed by atoms with Gasteiger partial charge in [-0.2, -0.15) is 0 Å². The van der Waals surface area contributed by atoms with Crippen LogP contribution in [0.25, 0.3) is 0 Å². The molecule has 9 heteroatoms. The zero-order chi connectivity index (χ0) is 27.7. The molecule has 36 heavy (non-hydrogen) atoms. The molecule has 2 atom stereocenters. The number of hydrogen-bond donors (Lipinski definition) is 2. The molecule has 0 rings (SSSR count). The standard InChI is InChI=1S/C27H52N4O5/c1-9-14-16-30(19-24(33)36-21(11-3)12-4)23(32)18-31(17-15-10-2)27(35)22(13-5)29-26(34)25(28-8)20(6)7/h20-22,25,28H,9-19H2,1-8H3,(H,29,34)/t22-,25-/m0/s1. The summed E-state index contributed by atoms with van der Waals surface area (Å²) in [6.07, 6.45) is 4.91. The number of rotatable bonds is 19. The van der Waals surface area contributed by atoms with Crippen LogP contribution in [0.3, 0.4) is 0 Å². The smallest absolute Gasteiger partial charge is 0.325 e. The number of unbranched alkanes of at least 4 members (excludes halogenated alkanes) is 2. The fourth-order valence-electron chi connectivity index (χ4n) is 3.94. The third-order valence-electron chi connectivity index (χ3n) is 6.37. The van der Waals surface area contributed by atoms with Crippen LogP contribution >= 0.6 is 0 Å². The SMILES string of the molecule is CCCCN(CC(=O)OC(CC)CC)C(=O)CN(CCCC)C(=O)[C@H](CC)NC(=O)[C@@H](NC)C(C)C. The lowest BCUT2D eigenvalue weighted by Gasteiger charge is -2.31. The van der Waals surface area contributed by atoms with E-state index in [1.54, 1.807) is 7.05 Å². The Morgan fingerprint density at radius 3 is 1.81 bits per heavy atom. The van der Waals surface area contributed by atoms with Gasteiger partial charge in [0.2, 0.25) is 17.7 Å². The minimum absolute atomic E-state index is 0.0623. The van der Waals surface area contributed by atoms with E-state index in [1.807, 2.05) is 48.5 Å². The van der Waals surface area contributed by atoms with Crippen LogP contribution in [-0.2, 0) is 23.9 Å². The summed E-state index contributed by atoms with van der Waals surface area (Å²) in [5.74, 6) is -1.16. The molecule has 2 N–H and O–H groups in total. The first kappa shape index (κ1) is 33.8. The molecule has 0 aromatic carbocycles. The zero-order valence-electron chi connectivity index (χ0n) is 24.0. The van der Waals surface area contributed by atoms with Crippen LogP contribution in [0, 0.1) is 5.92 Å². The molecule has 0 saturated carbocycles. The Morgan fingerprint density at radius 2 is 1.36 bits per heavy atom. The molecule has 9 nitrogen and oxygen atoms in total. The van der Waals surface area contributed by atoms with E-state index in [9.17, 15) is 19.2 Å². The Bertz CT molecular complexity index is 667. The van der Waals surface area contributed by atoms with Crippen LogP contribution in [-0.4, -0.2) is 84.9 Å². The molecule has 0 heterocycles. The summed E-state index contributed by atoms with van der Waals surface area (Å²) in [4.78, 5) is 55.0. The highest BCUT2D eigenvalue weighted by Crippen LogP contribution is 2.09. The van der Waals surface area contributed by atoms with Crippen LogP contribution in [0.2, 0.25) is 0 Å². The lowest BCUT2D eigenvalue weighted by atomic mass is 10.0. The first-order chi connectivity index (χ1) is 17.1. The predicted molar refractivity (Wildman–Crippen MR) is 143 cm³/mol. The van der Waals surface area contributed by atoms with E-state index in [0.29, 0.717) is 19.5 Å². The Hall–Kier alpha value is -2.16. The van der Waals surface area contributed by atoms with Crippen molar-refractivity contribution in [2.75, 3.05) is 33.2 Å². The lowest BCUT2D eigenvalue weighted by Crippen LogP contribution is -2.55. The van der Waals surface area contributed by atoms with E-state index < -0.39 is 18.1 Å². The predicted octanol–water partition coefficient (Wildman–Crippen LogP) is 3.11. The van der Waals surface area contributed by atoms with Crippen molar-refractivity contribution in [3.63, 3.8) is 0 Å². The van der Waals surface area contributed by atoms with E-state index in [1.165, 1.54) is 9.80 Å². The molecule has 0 aliphatic heterocycles. The number of esters is 1. The summed E-state index contributed by atoms with van der Waals surface area (Å²) in [6, 6.07) is -1.14. The van der Waals surface area contributed by atoms with E-state index in [4.69, 9.17) is 4.74 Å². The zero-order valence-corrected chi connectivity index (χ0v) is 24.0. The van der Waals surface area contributed by atoms with Gasteiger partial charge < -0.3 is 25.2 Å². The topological polar surface area (TPSA) is 108 Å². The minimum Gasteiger partial charge on any atom is -0.461 e. The second-order valence-corrected chi connectivity index (χ2v) is 9.69. The third kappa shape index (κ3) is 12.2. The maximum Gasteiger partial charge on any atom is 0.325 e. The Balaban J connectivity index is 5.57. The normalized spacial score (nSPS) is 12.8. The minimum atomic E-state index is -0.722. The molecule has 0 aromatic heterocycles. The van der Waals surface area contributed by atoms with Crippen molar-refractivity contribution in [3.05, 3.63) is 0 Å². The average molecular weight is 513 g/mol. The Labute approximate surface area is 219 Å². The molecule has 0 unspecified atom stereocenters. The molecule has 0 saturated heterocycles. The molecular weight excluding hydrogens is 460 g/mol. The van der Waals surface area contributed by atoms with Crippen LogP contribution < -0.4 is 10.6 Å². The van der Waals surface area contributed by atoms with Crippen LogP contribution in [0.15, 0.2) is 0 Å². The largest absolute Gasteiger partial charge is 0.461 e. The highest BCUT2D eigenvalue weighted by molar-refractivity contribution is 5.92. The average Bonchev–Trinajstić information content (AvgIpc) is 2.85. The summed E-state index contributed by atoms with van der Waals surface area (Å²) < 4.78 is 5.51. The van der Waals surface area contributed by atoms with Gasteiger partial charge in [0.25, 0.3) is 0 Å². The number of nitrogens with one attached hydrogen (secondary N) is 2. The fourth-order valence-corrected chi connectivity index (χ4v) is 3.94. The number of nitrogens with zero attached hydrogens (tertiary/aromatic N) is 2. The van der Waals surface area contributed by atoms with Crippen LogP contribution in [0.4, 0.5) is 0 Å². The van der Waals surface area contributed by atoms with E-state index >= 15 is 0 Å². The van der Waals surface area contributed by atoms with Gasteiger partial charge in [0.15, 0.2) is 0 Å². The fraction of sp³-hybridized carbons (Fsp3) is 0.852. The maximum absolute atomic E-state index is 13.4. The molecular formula is C27H52N4O5. The molecule has 0 aliphatic rings. The third-order valence-corrected chi connectivity index (χ3v) is 6.37. The number of ether oxygens (including phenoxy) is 1. The highest BCUT2D eigenvalue weighted by atomic mass is 16.5. The van der Waals surface area contributed by atoms with Gasteiger partial charge in [0.05, 0.1) is 12.6 Å². The van der Waals surface area contributed by atoms with E-state index in [2.05, 4.69) is 10.6 Å². The van der Waals surface area contributed by atoms with Gasteiger partial charge in [0.1, 0.15) is 18.7 Å². The highest BCUT2D eigenvalue weighted by Gasteiger charge is 2.30. The van der Waals surface area contributed by atoms with Gasteiger partial charge in [-0.25, -0.2) is 0 Å². The summed E-state index contributed by atoms with van der Waals surface area (Å²) in [5.41, 5.74) is 0. The van der Waals surface area contributed by atoms with Gasteiger partial charge in [-0.05, 0) is 45.1 Å². The molecule has 3 amide bonds. The second kappa shape index (κ2) is 19.0. The number of carbonyl (C=O) groups is 4. The molecule has 0 radical (unpaired) electrons. The first-order valence-electron chi connectivity index (χ1n) is 13.8. The van der Waals surface area contributed by atoms with Crippen molar-refractivity contribution >= 4 is 23.7 Å². The molecule has 0 aliphatic carbocycles. The number of hydrogen-bond acceptors (Lipinski definition) is 6. The van der Waals surface area contributed by atoms with Gasteiger partial charge in [-0.3, -0.25) is 19.2 Å². The summed E-state index contributed by atoms with van der Waals surface area (Å²) in [5, 5.41) is 5.87. The van der Waals surface area contributed by atoms with Crippen LogP contribution in [0.5, 0.6) is 0 Å². The monoisotopic (exact) mass is 512 g/mol. The summed E-state index contributed by atoms with van der Waals surface area (Å²) in [7, 11) is 1.72. The van der Waals surface area contributed by atoms with Crippen molar-refractivity contribution in [3.8, 4) is 0 Å². The van der Waals surface area contributed by atoms with E-state index in [0.717, 1.165) is 38.5 Å². The number of likely N-dealkylation sites (N-methyl/N-ethyl adjacent to an activating group) is 1. The quantitative estimate of drug-likeness (QED) is 0.258. The Kier molecular flexibility index (Phi) is 17.9. The van der Waals surface area contributed by atoms with Gasteiger partial charge >= 0.3 is 5.97 Å². The molecule has 0 bridgehead atoms. The molecule has 0 aromatic rings. The molecule has 0 fully saturated rings. The van der Waals surface area contributed by atoms with Crippen molar-refractivity contribution in [2.45, 2.75) is 112 Å². The van der Waals surface area contributed by atoms with Gasteiger partial charge in [-0.1, -0.05) is 61.3 Å². The Morgan fingerprint density at radius 1 is 0.806 bits per heavy atom. The lowest BCUT2D eigenvalue weighted by molar-refractivity contribution is -0.155. The van der Waals surface area contributed by atoms with E-state index in [-0.39, 0.29) is 42.8 Å². The van der Waals surface area contributed by atoms with Crippen molar-refractivity contribution in [2.24, 2.45) is 5.92 Å². The van der Waals surface area contributed by atoms with Crippen molar-refractivity contribution in [1.82, 2.24) is 20.4 Å².